The van der Waals surface area contributed by atoms with E-state index in [-0.39, 0.29) is 11.6 Å². The van der Waals surface area contributed by atoms with Crippen molar-refractivity contribution in [2.45, 2.75) is 18.9 Å². The van der Waals surface area contributed by atoms with Crippen LogP contribution in [0.15, 0.2) is 105 Å². The Morgan fingerprint density at radius 2 is 1.83 bits per heavy atom. The number of aromatic nitrogens is 1. The number of ether oxygens (including phenoxy) is 1. The smallest absolute Gasteiger partial charge is 0.271 e. The first-order valence-electron chi connectivity index (χ1n) is 11.9. The summed E-state index contributed by atoms with van der Waals surface area (Å²) in [7, 11) is 0. The van der Waals surface area contributed by atoms with Gasteiger partial charge < -0.3 is 4.74 Å². The van der Waals surface area contributed by atoms with E-state index < -0.39 is 0 Å². The quantitative estimate of drug-likeness (QED) is 0.299. The third kappa shape index (κ3) is 4.00. The first kappa shape index (κ1) is 23.0. The van der Waals surface area contributed by atoms with E-state index >= 15 is 0 Å². The molecule has 0 amide bonds. The van der Waals surface area contributed by atoms with Gasteiger partial charge in [-0.1, -0.05) is 94.5 Å². The Hall–Kier alpha value is -3.48. The molecule has 0 spiro atoms. The molecule has 0 bridgehead atoms. The summed E-state index contributed by atoms with van der Waals surface area (Å²) in [6, 6.07) is 24.3. The molecule has 178 valence electrons. The number of hydrogen-bond donors (Lipinski definition) is 0. The van der Waals surface area contributed by atoms with Gasteiger partial charge in [0.25, 0.3) is 5.56 Å². The molecule has 36 heavy (non-hydrogen) atoms. The molecule has 1 aliphatic carbocycles. The van der Waals surface area contributed by atoms with Crippen LogP contribution >= 0.6 is 27.3 Å². The molecule has 2 aliphatic rings. The molecular weight excluding hydrogens is 532 g/mol. The highest BCUT2D eigenvalue weighted by Crippen LogP contribution is 2.41. The van der Waals surface area contributed by atoms with E-state index in [9.17, 15) is 4.79 Å². The Kier molecular flexibility index (Phi) is 6.07. The van der Waals surface area contributed by atoms with Crippen LogP contribution in [0.3, 0.4) is 0 Å². The molecule has 3 aromatic carbocycles. The highest BCUT2D eigenvalue weighted by atomic mass is 79.9. The average Bonchev–Trinajstić information content (AvgIpc) is 3.22. The van der Waals surface area contributed by atoms with Crippen molar-refractivity contribution in [1.82, 2.24) is 4.57 Å². The highest BCUT2D eigenvalue weighted by Gasteiger charge is 2.32. The normalized spacial score (nSPS) is 16.6. The molecule has 0 fully saturated rings. The zero-order valence-electron chi connectivity index (χ0n) is 19.5. The van der Waals surface area contributed by atoms with Crippen molar-refractivity contribution in [3.05, 3.63) is 137 Å². The molecule has 1 aromatic heterocycles. The molecule has 0 radical (unpaired) electrons. The monoisotopic (exact) mass is 554 g/mol. The van der Waals surface area contributed by atoms with Gasteiger partial charge in [0.15, 0.2) is 4.80 Å². The van der Waals surface area contributed by atoms with Gasteiger partial charge in [0, 0.05) is 15.6 Å². The number of aryl methyl sites for hydroxylation is 1. The molecule has 0 N–H and O–H groups in total. The number of benzene rings is 3. The van der Waals surface area contributed by atoms with Gasteiger partial charge in [-0.05, 0) is 53.8 Å². The topological polar surface area (TPSA) is 43.6 Å². The Morgan fingerprint density at radius 1 is 1.06 bits per heavy atom. The van der Waals surface area contributed by atoms with E-state index in [4.69, 9.17) is 9.73 Å². The Morgan fingerprint density at radius 3 is 2.67 bits per heavy atom. The Balaban J connectivity index is 1.58. The summed E-state index contributed by atoms with van der Waals surface area (Å²) in [4.78, 5) is 19.7. The number of para-hydroxylation sites is 1. The predicted octanol–water partition coefficient (Wildman–Crippen LogP) is 5.65. The lowest BCUT2D eigenvalue weighted by Gasteiger charge is -2.30. The lowest BCUT2D eigenvalue weighted by Crippen LogP contribution is -2.38. The minimum atomic E-state index is -0.188. The lowest BCUT2D eigenvalue weighted by molar-refractivity contribution is 0.362. The lowest BCUT2D eigenvalue weighted by atomic mass is 9.83. The van der Waals surface area contributed by atoms with Gasteiger partial charge in [-0.15, -0.1) is 0 Å². The number of halogens is 1. The largest absolute Gasteiger partial charge is 0.489 e. The molecule has 2 heterocycles. The van der Waals surface area contributed by atoms with Gasteiger partial charge in [0.1, 0.15) is 12.4 Å². The van der Waals surface area contributed by atoms with Crippen molar-refractivity contribution >= 4 is 39.0 Å². The molecular formula is C30H23BrN2O2S. The zero-order chi connectivity index (χ0) is 24.6. The van der Waals surface area contributed by atoms with E-state index in [1.165, 1.54) is 28.0 Å². The van der Waals surface area contributed by atoms with Gasteiger partial charge in [-0.3, -0.25) is 9.36 Å². The summed E-state index contributed by atoms with van der Waals surface area (Å²) in [5.41, 5.74) is 6.59. The van der Waals surface area contributed by atoms with E-state index in [2.05, 4.69) is 58.9 Å². The zero-order valence-corrected chi connectivity index (χ0v) is 21.9. The van der Waals surface area contributed by atoms with E-state index in [0.717, 1.165) is 44.7 Å². The molecule has 4 nitrogen and oxygen atoms in total. The van der Waals surface area contributed by atoms with Crippen molar-refractivity contribution in [2.24, 2.45) is 4.99 Å². The third-order valence-electron chi connectivity index (χ3n) is 6.62. The first-order valence-corrected chi connectivity index (χ1v) is 13.5. The number of thiazole rings is 1. The molecule has 1 atom stereocenters. The molecule has 4 aromatic rings. The van der Waals surface area contributed by atoms with Gasteiger partial charge in [0.05, 0.1) is 16.3 Å². The fourth-order valence-electron chi connectivity index (χ4n) is 4.99. The number of nitrogens with zero attached hydrogens (tertiary/aromatic N) is 2. The van der Waals surface area contributed by atoms with Gasteiger partial charge >= 0.3 is 0 Å². The summed E-state index contributed by atoms with van der Waals surface area (Å²) < 4.78 is 9.35. The van der Waals surface area contributed by atoms with Crippen molar-refractivity contribution in [3.63, 3.8) is 0 Å². The first-order chi connectivity index (χ1) is 17.6. The number of rotatable bonds is 5. The van der Waals surface area contributed by atoms with Crippen LogP contribution in [0, 0.1) is 0 Å². The van der Waals surface area contributed by atoms with Crippen LogP contribution in [-0.4, -0.2) is 11.2 Å². The maximum Gasteiger partial charge on any atom is 0.271 e. The highest BCUT2D eigenvalue weighted by molar-refractivity contribution is 9.10. The Bertz CT molecular complexity index is 1700. The standard InChI is InChI=1S/C30H23BrN2O2S/c1-2-17-35-25-10-6-4-8-21(25)18-26-29(34)33-28(20-11-14-22(31)15-12-20)24-16-13-19-7-3-5-9-23(19)27(24)32-30(33)36-26/h2-12,14-15,18,28H,1,13,16-17H2. The molecule has 0 saturated heterocycles. The summed E-state index contributed by atoms with van der Waals surface area (Å²) >= 11 is 4.98. The maximum absolute atomic E-state index is 13.9. The summed E-state index contributed by atoms with van der Waals surface area (Å²) in [6.45, 7) is 4.14. The number of allylic oxidation sites excluding steroid dienone is 1. The average molecular weight is 555 g/mol. The fourth-order valence-corrected chi connectivity index (χ4v) is 6.24. The number of fused-ring (bicyclic) bond motifs is 3. The van der Waals surface area contributed by atoms with Crippen LogP contribution in [0.2, 0.25) is 0 Å². The van der Waals surface area contributed by atoms with Crippen LogP contribution in [0.4, 0.5) is 0 Å². The van der Waals surface area contributed by atoms with Gasteiger partial charge in [-0.25, -0.2) is 4.99 Å². The minimum Gasteiger partial charge on any atom is -0.489 e. The predicted molar refractivity (Wildman–Crippen MR) is 149 cm³/mol. The second-order valence-corrected chi connectivity index (χ2v) is 10.7. The van der Waals surface area contributed by atoms with Gasteiger partial charge in [0.2, 0.25) is 0 Å². The van der Waals surface area contributed by atoms with E-state index in [0.29, 0.717) is 11.1 Å². The second kappa shape index (κ2) is 9.52. The van der Waals surface area contributed by atoms with Crippen molar-refractivity contribution in [3.8, 4) is 5.75 Å². The van der Waals surface area contributed by atoms with E-state index in [1.54, 1.807) is 6.08 Å². The SMILES string of the molecule is C=CCOc1ccccc1C=c1sc2n(c1=O)C(c1ccc(Br)cc1)C1=C(N=2)c2ccccc2CC1. The molecule has 0 saturated carbocycles. The minimum absolute atomic E-state index is 0.0319. The van der Waals surface area contributed by atoms with Crippen LogP contribution in [0.25, 0.3) is 11.8 Å². The summed E-state index contributed by atoms with van der Waals surface area (Å²) in [6.07, 6.45) is 5.44. The van der Waals surface area contributed by atoms with Crippen molar-refractivity contribution in [2.75, 3.05) is 6.61 Å². The van der Waals surface area contributed by atoms with Crippen LogP contribution in [0.1, 0.15) is 34.7 Å². The second-order valence-electron chi connectivity index (χ2n) is 8.80. The van der Waals surface area contributed by atoms with E-state index in [1.807, 2.05) is 47.0 Å². The Labute approximate surface area is 221 Å². The van der Waals surface area contributed by atoms with Gasteiger partial charge in [-0.2, -0.15) is 0 Å². The molecule has 6 rings (SSSR count). The maximum atomic E-state index is 13.9. The van der Waals surface area contributed by atoms with Crippen LogP contribution in [-0.2, 0) is 6.42 Å². The molecule has 1 aliphatic heterocycles. The number of hydrogen-bond acceptors (Lipinski definition) is 4. The fraction of sp³-hybridized carbons (Fsp3) is 0.133. The molecule has 1 unspecified atom stereocenters. The summed E-state index contributed by atoms with van der Waals surface area (Å²) in [5, 5.41) is 0. The van der Waals surface area contributed by atoms with Crippen molar-refractivity contribution in [1.29, 1.82) is 0 Å². The third-order valence-corrected chi connectivity index (χ3v) is 8.13. The summed E-state index contributed by atoms with van der Waals surface area (Å²) in [5.74, 6) is 0.723. The molecule has 6 heteroatoms. The van der Waals surface area contributed by atoms with Crippen molar-refractivity contribution < 1.29 is 4.74 Å². The van der Waals surface area contributed by atoms with Crippen LogP contribution < -0.4 is 19.6 Å². The van der Waals surface area contributed by atoms with Crippen LogP contribution in [0.5, 0.6) is 5.75 Å².